The van der Waals surface area contributed by atoms with Crippen LogP contribution in [0.5, 0.6) is 0 Å². The minimum Gasteiger partial charge on any atom is -0.367 e. The molecule has 0 saturated carbocycles. The molecule has 0 N–H and O–H groups in total. The molecule has 11 heteroatoms. The van der Waals surface area contributed by atoms with Crippen molar-refractivity contribution in [3.05, 3.63) is 99.0 Å². The van der Waals surface area contributed by atoms with Crippen LogP contribution in [0, 0.1) is 6.92 Å². The van der Waals surface area contributed by atoms with Gasteiger partial charge in [0.25, 0.3) is 0 Å². The van der Waals surface area contributed by atoms with Gasteiger partial charge in [-0.2, -0.15) is 17.5 Å². The Bertz CT molecular complexity index is 1360. The van der Waals surface area contributed by atoms with Crippen LogP contribution >= 0.6 is 23.2 Å². The van der Waals surface area contributed by atoms with Crippen LogP contribution in [0.1, 0.15) is 28.4 Å². The van der Waals surface area contributed by atoms with Gasteiger partial charge in [0.1, 0.15) is 11.0 Å². The molecule has 0 radical (unpaired) electrons. The molecule has 38 heavy (non-hydrogen) atoms. The Morgan fingerprint density at radius 3 is 2.21 bits per heavy atom. The summed E-state index contributed by atoms with van der Waals surface area (Å²) in [5.74, 6) is 0. The summed E-state index contributed by atoms with van der Waals surface area (Å²) < 4.78 is 73.8. The second-order valence-electron chi connectivity index (χ2n) is 9.06. The quantitative estimate of drug-likeness (QED) is 0.305. The average molecular weight is 587 g/mol. The van der Waals surface area contributed by atoms with E-state index < -0.39 is 27.9 Å². The summed E-state index contributed by atoms with van der Waals surface area (Å²) in [5, 5.41) is 0.482. The van der Waals surface area contributed by atoms with Crippen molar-refractivity contribution in [2.75, 3.05) is 39.3 Å². The first-order valence-corrected chi connectivity index (χ1v) is 14.2. The molecule has 204 valence electrons. The van der Waals surface area contributed by atoms with Crippen LogP contribution in [0.4, 0.5) is 13.2 Å². The summed E-state index contributed by atoms with van der Waals surface area (Å²) in [6.45, 7) is 3.98. The van der Waals surface area contributed by atoms with E-state index in [1.165, 1.54) is 22.5 Å². The van der Waals surface area contributed by atoms with Crippen molar-refractivity contribution in [3.8, 4) is 0 Å². The molecule has 1 saturated heterocycles. The first-order chi connectivity index (χ1) is 18.0. The van der Waals surface area contributed by atoms with Crippen molar-refractivity contribution in [1.29, 1.82) is 0 Å². The largest absolute Gasteiger partial charge is 0.416 e. The minimum absolute atomic E-state index is 0.0321. The third-order valence-electron chi connectivity index (χ3n) is 6.47. The topological polar surface area (TPSA) is 49.9 Å². The second kappa shape index (κ2) is 11.9. The van der Waals surface area contributed by atoms with Gasteiger partial charge < -0.3 is 4.74 Å². The van der Waals surface area contributed by atoms with E-state index in [2.05, 4.69) is 4.90 Å². The second-order valence-corrected chi connectivity index (χ2v) is 11.8. The van der Waals surface area contributed by atoms with Crippen molar-refractivity contribution in [1.82, 2.24) is 9.21 Å². The lowest BCUT2D eigenvalue weighted by Crippen LogP contribution is -2.49. The number of hydrogen-bond donors (Lipinski definition) is 0. The zero-order valence-corrected chi connectivity index (χ0v) is 22.9. The molecule has 1 aliphatic rings. The van der Waals surface area contributed by atoms with Crippen molar-refractivity contribution < 1.29 is 26.3 Å². The van der Waals surface area contributed by atoms with Crippen LogP contribution in [0.3, 0.4) is 0 Å². The highest BCUT2D eigenvalue weighted by atomic mass is 35.5. The van der Waals surface area contributed by atoms with Crippen LogP contribution in [0.2, 0.25) is 10.0 Å². The van der Waals surface area contributed by atoms with E-state index in [0.717, 1.165) is 17.7 Å². The number of piperazine rings is 1. The number of halogens is 5. The molecule has 0 aliphatic carbocycles. The van der Waals surface area contributed by atoms with Crippen molar-refractivity contribution in [2.45, 2.75) is 24.1 Å². The third kappa shape index (κ3) is 6.70. The van der Waals surface area contributed by atoms with E-state index in [-0.39, 0.29) is 29.6 Å². The monoisotopic (exact) mass is 586 g/mol. The number of alkyl halides is 3. The number of nitrogens with zero attached hydrogens (tertiary/aromatic N) is 2. The standard InChI is InChI=1S/C27H27Cl2F3N2O3S/c1-19-16-25(24(29)18-23(19)28)38(35,36)34-12-10-33(11-13-34)14-15-37-26(20-6-3-2-4-7-20)21-8-5-9-22(17-21)27(30,31)32/h2-9,16-18,26H,10-15H2,1H3/t26-/m0/s1. The predicted octanol–water partition coefficient (Wildman–Crippen LogP) is 6.43. The van der Waals surface area contributed by atoms with E-state index >= 15 is 0 Å². The summed E-state index contributed by atoms with van der Waals surface area (Å²) in [6.07, 6.45) is -5.12. The van der Waals surface area contributed by atoms with Gasteiger partial charge in [-0.25, -0.2) is 8.42 Å². The van der Waals surface area contributed by atoms with E-state index in [4.69, 9.17) is 27.9 Å². The van der Waals surface area contributed by atoms with Gasteiger partial charge in [-0.15, -0.1) is 0 Å². The van der Waals surface area contributed by atoms with Gasteiger partial charge in [-0.05, 0) is 47.9 Å². The van der Waals surface area contributed by atoms with Gasteiger partial charge in [-0.1, -0.05) is 65.7 Å². The number of hydrogen-bond acceptors (Lipinski definition) is 4. The minimum atomic E-state index is -4.45. The Balaban J connectivity index is 1.39. The zero-order valence-electron chi connectivity index (χ0n) is 20.6. The predicted molar refractivity (Wildman–Crippen MR) is 142 cm³/mol. The van der Waals surface area contributed by atoms with E-state index in [1.54, 1.807) is 13.0 Å². The molecule has 1 heterocycles. The molecule has 5 nitrogen and oxygen atoms in total. The summed E-state index contributed by atoms with van der Waals surface area (Å²) >= 11 is 12.2. The molecule has 0 aromatic heterocycles. The zero-order chi connectivity index (χ0) is 27.5. The maximum absolute atomic E-state index is 13.3. The molecule has 0 amide bonds. The van der Waals surface area contributed by atoms with Gasteiger partial charge in [0.05, 0.1) is 17.2 Å². The highest BCUT2D eigenvalue weighted by Gasteiger charge is 2.32. The average Bonchev–Trinajstić information content (AvgIpc) is 2.89. The van der Waals surface area contributed by atoms with Crippen LogP contribution in [0.25, 0.3) is 0 Å². The maximum atomic E-state index is 13.3. The fourth-order valence-corrected chi connectivity index (χ4v) is 6.58. The molecule has 0 spiro atoms. The first-order valence-electron chi connectivity index (χ1n) is 12.0. The van der Waals surface area contributed by atoms with Gasteiger partial charge >= 0.3 is 6.18 Å². The summed E-state index contributed by atoms with van der Waals surface area (Å²) in [5.41, 5.74) is 1.06. The fraction of sp³-hybridized carbons (Fsp3) is 0.333. The lowest BCUT2D eigenvalue weighted by Gasteiger charge is -2.34. The number of rotatable bonds is 8. The first kappa shape index (κ1) is 28.9. The molecule has 3 aromatic rings. The third-order valence-corrected chi connectivity index (χ3v) is 9.24. The summed E-state index contributed by atoms with van der Waals surface area (Å²) in [7, 11) is -3.78. The Labute approximate surface area is 230 Å². The lowest BCUT2D eigenvalue weighted by atomic mass is 9.99. The van der Waals surface area contributed by atoms with Crippen LogP contribution < -0.4 is 0 Å². The van der Waals surface area contributed by atoms with Crippen molar-refractivity contribution in [3.63, 3.8) is 0 Å². The Hall–Kier alpha value is -2.14. The number of ether oxygens (including phenoxy) is 1. The number of benzene rings is 3. The Kier molecular flexibility index (Phi) is 9.07. The molecule has 1 fully saturated rings. The smallest absolute Gasteiger partial charge is 0.367 e. The highest BCUT2D eigenvalue weighted by molar-refractivity contribution is 7.89. The molecule has 4 rings (SSSR count). The van der Waals surface area contributed by atoms with E-state index in [0.29, 0.717) is 35.8 Å². The van der Waals surface area contributed by atoms with Gasteiger partial charge in [0.15, 0.2) is 0 Å². The van der Waals surface area contributed by atoms with Gasteiger partial charge in [0.2, 0.25) is 10.0 Å². The molecule has 1 atom stereocenters. The summed E-state index contributed by atoms with van der Waals surface area (Å²) in [6, 6.07) is 17.2. The molecule has 0 unspecified atom stereocenters. The summed E-state index contributed by atoms with van der Waals surface area (Å²) in [4.78, 5) is 2.10. The van der Waals surface area contributed by atoms with Gasteiger partial charge in [0, 0.05) is 37.7 Å². The molecular formula is C27H27Cl2F3N2O3S. The molecule has 3 aromatic carbocycles. The van der Waals surface area contributed by atoms with E-state index in [1.807, 2.05) is 30.3 Å². The van der Waals surface area contributed by atoms with E-state index in [9.17, 15) is 21.6 Å². The highest BCUT2D eigenvalue weighted by Crippen LogP contribution is 2.34. The van der Waals surface area contributed by atoms with Crippen LogP contribution in [-0.2, 0) is 20.9 Å². The Morgan fingerprint density at radius 1 is 0.895 bits per heavy atom. The maximum Gasteiger partial charge on any atom is 0.416 e. The van der Waals surface area contributed by atoms with Gasteiger partial charge in [-0.3, -0.25) is 4.90 Å². The SMILES string of the molecule is Cc1cc(S(=O)(=O)N2CCN(CCO[C@@H](c3ccccc3)c3cccc(C(F)(F)F)c3)CC2)c(Cl)cc1Cl. The number of sulfonamides is 1. The lowest BCUT2D eigenvalue weighted by molar-refractivity contribution is -0.137. The van der Waals surface area contributed by atoms with Crippen molar-refractivity contribution >= 4 is 33.2 Å². The normalized spacial score (nSPS) is 16.5. The molecule has 0 bridgehead atoms. The molecule has 1 aliphatic heterocycles. The van der Waals surface area contributed by atoms with Crippen LogP contribution in [0.15, 0.2) is 71.6 Å². The molecular weight excluding hydrogens is 560 g/mol. The fourth-order valence-electron chi connectivity index (χ4n) is 4.35. The number of aryl methyl sites for hydroxylation is 1. The van der Waals surface area contributed by atoms with Crippen molar-refractivity contribution in [2.24, 2.45) is 0 Å². The van der Waals surface area contributed by atoms with Crippen LogP contribution in [-0.4, -0.2) is 57.0 Å². The Morgan fingerprint density at radius 2 is 1.55 bits per heavy atom.